The fourth-order valence-electron chi connectivity index (χ4n) is 0. The first-order valence-electron chi connectivity index (χ1n) is 3.48. The van der Waals surface area contributed by atoms with Crippen molar-refractivity contribution < 1.29 is 380 Å². The molecule has 0 spiro atoms. The molecule has 0 unspecified atom stereocenters. The molecule has 0 atom stereocenters. The van der Waals surface area contributed by atoms with Gasteiger partial charge in [0.25, 0.3) is 30.4 Å². The maximum absolute atomic E-state index is 9.44. The molecule has 0 bridgehead atoms. The van der Waals surface area contributed by atoms with Crippen LogP contribution in [-0.4, -0.2) is 38.9 Å². The van der Waals surface area contributed by atoms with Crippen LogP contribution in [0.15, 0.2) is 36.0 Å². The van der Waals surface area contributed by atoms with Gasteiger partial charge >= 0.3 is 325 Å². The Hall–Kier alpha value is 9.95. The van der Waals surface area contributed by atoms with Gasteiger partial charge in [-0.25, -0.2) is 0 Å². The molecule has 0 aliphatic carbocycles. The second-order valence-electron chi connectivity index (χ2n) is 2.04. The molecule has 0 radical (unpaired) electrons. The van der Waals surface area contributed by atoms with Crippen LogP contribution in [0.2, 0.25) is 0 Å². The van der Waals surface area contributed by atoms with Gasteiger partial charge in [0.15, 0.2) is 0 Å². The summed E-state index contributed by atoms with van der Waals surface area (Å²) in [6, 6.07) is 0. The van der Waals surface area contributed by atoms with Gasteiger partial charge in [-0.2, -0.15) is 25.3 Å². The molecule has 0 saturated heterocycles. The monoisotopic (exact) mass is 588 g/mol. The third-order valence-corrected chi connectivity index (χ3v) is 1.90. The molecule has 29 heavy (non-hydrogen) atoms. The van der Waals surface area contributed by atoms with Crippen LogP contribution >= 0.6 is 0 Å². The van der Waals surface area contributed by atoms with E-state index in [1.165, 1.54) is 0 Å². The summed E-state index contributed by atoms with van der Waals surface area (Å²) in [5, 5.41) is 1.40. The molecule has 0 aromatic rings. The molecule has 0 fully saturated rings. The van der Waals surface area contributed by atoms with Crippen molar-refractivity contribution in [1.82, 2.24) is 0 Å². The largest absolute Gasteiger partial charge is 1.00 e. The van der Waals surface area contributed by atoms with Crippen LogP contribution < -0.4 is 325 Å². The number of hydrogen-bond donors (Lipinski definition) is 3. The normalized spacial score (nSPS) is 6.72. The summed E-state index contributed by atoms with van der Waals surface area (Å²) >= 11 is 0. The smallest absolute Gasteiger partial charge is 1.00 e. The van der Waals surface area contributed by atoms with Crippen molar-refractivity contribution in [2.75, 3.05) is 0 Å². The van der Waals surface area contributed by atoms with E-state index >= 15 is 0 Å². The maximum atomic E-state index is 9.44. The van der Waals surface area contributed by atoms with Gasteiger partial charge in [-0.1, -0.05) is 19.7 Å². The fourth-order valence-corrected chi connectivity index (χ4v) is 0. The van der Waals surface area contributed by atoms with Gasteiger partial charge in [-0.05, 0) is 0 Å². The van der Waals surface area contributed by atoms with Crippen molar-refractivity contribution in [3.8, 4) is 0 Å². The minimum Gasteiger partial charge on any atom is -1.00 e. The second-order valence-corrected chi connectivity index (χ2v) is 6.13. The predicted molar refractivity (Wildman–Crippen MR) is 77.5 cm³/mol. The summed E-state index contributed by atoms with van der Waals surface area (Å²) in [6.07, 6.45) is 0. The summed E-state index contributed by atoms with van der Waals surface area (Å²) < 4.78 is 79.7. The van der Waals surface area contributed by atoms with Crippen molar-refractivity contribution >= 4 is 30.4 Å². The fraction of sp³-hybridized carbons (Fsp3) is 0. The van der Waals surface area contributed by atoms with Crippen molar-refractivity contribution in [2.24, 2.45) is 0 Å². The van der Waals surface area contributed by atoms with Gasteiger partial charge in [-0.15, -0.1) is 0 Å². The summed E-state index contributed by atoms with van der Waals surface area (Å²) in [6.45, 7) is 8.38. The Bertz CT molecular complexity index is 505. The zero-order valence-electron chi connectivity index (χ0n) is 30.9. The first kappa shape index (κ1) is 90.1. The molecule has 0 rings (SSSR count). The first-order valence-corrected chi connectivity index (χ1v) is 7.99. The van der Waals surface area contributed by atoms with Gasteiger partial charge < -0.3 is 15.7 Å². The van der Waals surface area contributed by atoms with E-state index in [4.69, 9.17) is 13.7 Å². The molecule has 0 amide bonds. The summed E-state index contributed by atoms with van der Waals surface area (Å²) in [7, 11) is -11.7. The van der Waals surface area contributed by atoms with Crippen LogP contribution in [-0.2, 0) is 30.4 Å². The van der Waals surface area contributed by atoms with Crippen molar-refractivity contribution in [2.45, 2.75) is 0 Å². The Labute approximate surface area is 434 Å². The van der Waals surface area contributed by atoms with Crippen LogP contribution in [0.3, 0.4) is 0 Å². The molecule has 0 aliphatic heterocycles. The van der Waals surface area contributed by atoms with Crippen LogP contribution in [0.4, 0.5) is 0 Å². The zero-order chi connectivity index (χ0) is 15.6. The minimum atomic E-state index is -3.90. The molecule has 9 nitrogen and oxygen atoms in total. The minimum absolute atomic E-state index is 0. The Balaban J connectivity index is -0.00000000288. The molecular formula is C6H23Na11O9S3. The van der Waals surface area contributed by atoms with Crippen molar-refractivity contribution in [3.63, 3.8) is 0 Å². The first-order chi connectivity index (χ1) is 7.68. The van der Waals surface area contributed by atoms with Crippen molar-refractivity contribution in [1.29, 1.82) is 0 Å². The summed E-state index contributed by atoms with van der Waals surface area (Å²) in [5.74, 6) is 0. The van der Waals surface area contributed by atoms with Crippen LogP contribution in [0.5, 0.6) is 0 Å². The van der Waals surface area contributed by atoms with Crippen LogP contribution in [0.25, 0.3) is 0 Å². The molecule has 23 heteroatoms. The maximum Gasteiger partial charge on any atom is 1.00 e. The van der Waals surface area contributed by atoms with E-state index in [0.717, 1.165) is 0 Å². The van der Waals surface area contributed by atoms with Crippen LogP contribution in [0, 0.1) is 0 Å². The average Bonchev–Trinajstić information content (AvgIpc) is 2.16. The van der Waals surface area contributed by atoms with Gasteiger partial charge in [-0.3, -0.25) is 13.7 Å². The number of rotatable bonds is 3. The molecule has 0 heterocycles. The van der Waals surface area contributed by atoms with E-state index in [1.54, 1.807) is 0 Å². The van der Waals surface area contributed by atoms with Gasteiger partial charge in [0.1, 0.15) is 0 Å². The van der Waals surface area contributed by atoms with E-state index in [-0.39, 0.29) is 341 Å². The molecule has 130 valence electrons. The molecule has 3 N–H and O–H groups in total. The van der Waals surface area contributed by atoms with Gasteiger partial charge in [0, 0.05) is 0 Å². The van der Waals surface area contributed by atoms with E-state index < -0.39 is 30.4 Å². The Morgan fingerprint density at radius 2 is 0.448 bits per heavy atom. The zero-order valence-corrected chi connectivity index (χ0v) is 44.3. The Kier molecular flexibility index (Phi) is 168. The third kappa shape index (κ3) is 137. The van der Waals surface area contributed by atoms with Crippen LogP contribution in [0.1, 0.15) is 15.7 Å². The van der Waals surface area contributed by atoms with E-state index in [2.05, 4.69) is 19.7 Å². The van der Waals surface area contributed by atoms with Crippen molar-refractivity contribution in [3.05, 3.63) is 36.0 Å². The SMILES string of the molecule is C=CS(=O)(=O)O.C=CS(=O)(=O)O.C=CS(=O)(=O)O.[H-].[H-].[H-].[H-].[H-].[H-].[H-].[H-].[H-].[H-].[H-].[Na+].[Na+].[Na+].[Na+].[Na+].[Na+].[Na+].[Na+].[Na+].[Na+].[Na+]. The van der Waals surface area contributed by atoms with Gasteiger partial charge in [0.05, 0.1) is 16.2 Å². The molecule has 0 aliphatic rings. The standard InChI is InChI=1S/3C2H4O3S.11Na.11H/c3*1-2-6(3,4)5;;;;;;;;;;;;;;;;;;;;;;/h3*2H,1H2,(H,3,4,5);;;;;;;;;;;;;;;;;;;;;;/q;;;11*+1;11*-1. The summed E-state index contributed by atoms with van der Waals surface area (Å²) in [4.78, 5) is 0. The average molecular weight is 588 g/mol. The van der Waals surface area contributed by atoms with E-state index in [0.29, 0.717) is 16.2 Å². The van der Waals surface area contributed by atoms with E-state index in [1.807, 2.05) is 0 Å². The predicted octanol–water partition coefficient (Wildman–Crippen LogP) is -31.7. The molecule has 0 aromatic heterocycles. The quantitative estimate of drug-likeness (QED) is 0.215. The second kappa shape index (κ2) is 54.1. The summed E-state index contributed by atoms with van der Waals surface area (Å²) in [5.41, 5.74) is 0. The van der Waals surface area contributed by atoms with E-state index in [9.17, 15) is 25.3 Å². The topological polar surface area (TPSA) is 163 Å². The third-order valence-electron chi connectivity index (χ3n) is 0.632. The number of hydrogen-bond acceptors (Lipinski definition) is 6. The Morgan fingerprint density at radius 1 is 0.414 bits per heavy atom. The van der Waals surface area contributed by atoms with Gasteiger partial charge in [0.2, 0.25) is 0 Å². The Morgan fingerprint density at radius 3 is 0.448 bits per heavy atom. The molecule has 0 aromatic carbocycles. The molecule has 0 saturated carbocycles. The molecular weight excluding hydrogens is 565 g/mol.